The van der Waals surface area contributed by atoms with Crippen molar-refractivity contribution in [2.24, 2.45) is 0 Å². The van der Waals surface area contributed by atoms with Crippen molar-refractivity contribution < 1.29 is 4.79 Å². The maximum absolute atomic E-state index is 11.8. The number of nitrogens with zero attached hydrogens (tertiary/aromatic N) is 1. The van der Waals surface area contributed by atoms with Crippen molar-refractivity contribution in [1.29, 1.82) is 0 Å². The van der Waals surface area contributed by atoms with Crippen molar-refractivity contribution in [3.05, 3.63) is 20.3 Å². The van der Waals surface area contributed by atoms with Gasteiger partial charge in [0.2, 0.25) is 0 Å². The monoisotopic (exact) mass is 265 g/mol. The normalized spacial score (nSPS) is 11.0. The molecular weight excluding hydrogens is 253 g/mol. The molecule has 0 N–H and O–H groups in total. The van der Waals surface area contributed by atoms with E-state index in [4.69, 9.17) is 23.2 Å². The second-order valence-electron chi connectivity index (χ2n) is 3.40. The minimum absolute atomic E-state index is 0.0269. The minimum atomic E-state index is 0.0269. The van der Waals surface area contributed by atoms with Gasteiger partial charge < -0.3 is 0 Å². The smallest absolute Gasteiger partial charge is 0.179 e. The summed E-state index contributed by atoms with van der Waals surface area (Å²) < 4.78 is 1.04. The molecule has 0 unspecified atom stereocenters. The van der Waals surface area contributed by atoms with Crippen LogP contribution in [0, 0.1) is 0 Å². The number of likely N-dealkylation sites (N-methyl/N-ethyl adjacent to an activating group) is 1. The molecule has 1 heterocycles. The van der Waals surface area contributed by atoms with Crippen molar-refractivity contribution in [1.82, 2.24) is 4.90 Å². The Hall–Kier alpha value is -0.0900. The molecule has 2 nitrogen and oxygen atoms in total. The van der Waals surface area contributed by atoms with Crippen LogP contribution in [-0.4, -0.2) is 30.8 Å². The first-order chi connectivity index (χ1) is 7.04. The van der Waals surface area contributed by atoms with Crippen LogP contribution < -0.4 is 0 Å². The summed E-state index contributed by atoms with van der Waals surface area (Å²) in [5.41, 5.74) is 0.537. The van der Waals surface area contributed by atoms with Gasteiger partial charge in [-0.15, -0.1) is 11.3 Å². The van der Waals surface area contributed by atoms with E-state index in [1.165, 1.54) is 11.3 Å². The van der Waals surface area contributed by atoms with Gasteiger partial charge in [-0.3, -0.25) is 9.69 Å². The Morgan fingerprint density at radius 3 is 2.67 bits per heavy atom. The van der Waals surface area contributed by atoms with E-state index in [1.807, 2.05) is 11.9 Å². The summed E-state index contributed by atoms with van der Waals surface area (Å²) in [6, 6.07) is 1.64. The van der Waals surface area contributed by atoms with Crippen LogP contribution in [0.3, 0.4) is 0 Å². The SMILES string of the molecule is CCCN(C)CC(=O)c1cc(Cl)sc1Cl. The Bertz CT molecular complexity index is 351. The molecule has 0 saturated heterocycles. The molecule has 1 rings (SSSR count). The van der Waals surface area contributed by atoms with Gasteiger partial charge in [0.05, 0.1) is 16.4 Å². The molecule has 0 radical (unpaired) electrons. The van der Waals surface area contributed by atoms with Gasteiger partial charge in [-0.1, -0.05) is 30.1 Å². The lowest BCUT2D eigenvalue weighted by atomic mass is 10.2. The Labute approximate surface area is 104 Å². The highest BCUT2D eigenvalue weighted by Crippen LogP contribution is 2.31. The second kappa shape index (κ2) is 5.85. The Balaban J connectivity index is 2.65. The predicted molar refractivity (Wildman–Crippen MR) is 66.5 cm³/mol. The van der Waals surface area contributed by atoms with Crippen LogP contribution >= 0.6 is 34.5 Å². The van der Waals surface area contributed by atoms with Crippen molar-refractivity contribution >= 4 is 40.3 Å². The van der Waals surface area contributed by atoms with Crippen molar-refractivity contribution in [3.63, 3.8) is 0 Å². The molecule has 0 aliphatic carbocycles. The fraction of sp³-hybridized carbons (Fsp3) is 0.500. The summed E-state index contributed by atoms with van der Waals surface area (Å²) in [6.45, 7) is 3.37. The summed E-state index contributed by atoms with van der Waals surface area (Å²) in [7, 11) is 1.92. The fourth-order valence-corrected chi connectivity index (χ4v) is 2.82. The van der Waals surface area contributed by atoms with Crippen molar-refractivity contribution in [2.75, 3.05) is 20.1 Å². The number of thiophene rings is 1. The van der Waals surface area contributed by atoms with Crippen molar-refractivity contribution in [3.8, 4) is 0 Å². The molecule has 15 heavy (non-hydrogen) atoms. The molecule has 0 aliphatic rings. The molecule has 0 aromatic carbocycles. The van der Waals surface area contributed by atoms with Crippen LogP contribution in [0.15, 0.2) is 6.07 Å². The fourth-order valence-electron chi connectivity index (χ4n) is 1.32. The standard InChI is InChI=1S/C10H13Cl2NOS/c1-3-4-13(2)6-8(14)7-5-9(11)15-10(7)12/h5H,3-4,6H2,1-2H3. The largest absolute Gasteiger partial charge is 0.299 e. The molecular formula is C10H13Cl2NOS. The van der Waals surface area contributed by atoms with Gasteiger partial charge in [0.1, 0.15) is 4.34 Å². The molecule has 0 spiro atoms. The summed E-state index contributed by atoms with van der Waals surface area (Å²) >= 11 is 12.9. The van der Waals surface area contributed by atoms with Crippen molar-refractivity contribution in [2.45, 2.75) is 13.3 Å². The molecule has 1 aromatic rings. The van der Waals surface area contributed by atoms with E-state index in [9.17, 15) is 4.79 Å². The van der Waals surface area contributed by atoms with E-state index in [-0.39, 0.29) is 5.78 Å². The Morgan fingerprint density at radius 1 is 1.53 bits per heavy atom. The maximum Gasteiger partial charge on any atom is 0.179 e. The molecule has 0 saturated carbocycles. The van der Waals surface area contributed by atoms with E-state index < -0.39 is 0 Å². The third-order valence-electron chi connectivity index (χ3n) is 1.98. The zero-order valence-corrected chi connectivity index (χ0v) is 11.0. The first kappa shape index (κ1) is 13.0. The van der Waals surface area contributed by atoms with Crippen LogP contribution in [0.2, 0.25) is 8.67 Å². The summed E-state index contributed by atoms with van der Waals surface area (Å²) in [6.07, 6.45) is 1.03. The highest BCUT2D eigenvalue weighted by molar-refractivity contribution is 7.20. The first-order valence-corrected chi connectivity index (χ1v) is 6.28. The predicted octanol–water partition coefficient (Wildman–Crippen LogP) is 3.58. The average Bonchev–Trinajstić information content (AvgIpc) is 2.45. The first-order valence-electron chi connectivity index (χ1n) is 4.71. The van der Waals surface area contributed by atoms with Gasteiger partial charge in [-0.05, 0) is 26.1 Å². The maximum atomic E-state index is 11.8. The van der Waals surface area contributed by atoms with Crippen LogP contribution in [0.25, 0.3) is 0 Å². The number of halogens is 2. The highest BCUT2D eigenvalue weighted by atomic mass is 35.5. The zero-order valence-electron chi connectivity index (χ0n) is 8.72. The molecule has 1 aromatic heterocycles. The van der Waals surface area contributed by atoms with Gasteiger partial charge in [-0.2, -0.15) is 0 Å². The summed E-state index contributed by atoms with van der Waals surface area (Å²) in [4.78, 5) is 13.8. The molecule has 0 atom stereocenters. The molecule has 0 amide bonds. The lowest BCUT2D eigenvalue weighted by Crippen LogP contribution is -2.26. The Kier molecular flexibility index (Phi) is 5.06. The van der Waals surface area contributed by atoms with Crippen LogP contribution in [0.1, 0.15) is 23.7 Å². The minimum Gasteiger partial charge on any atom is -0.299 e. The van der Waals surface area contributed by atoms with Gasteiger partial charge in [0.25, 0.3) is 0 Å². The summed E-state index contributed by atoms with van der Waals surface area (Å²) in [5, 5.41) is 0. The van der Waals surface area contributed by atoms with E-state index in [0.29, 0.717) is 20.8 Å². The molecule has 0 aliphatic heterocycles. The third kappa shape index (κ3) is 3.76. The number of carbonyl (C=O) groups excluding carboxylic acids is 1. The number of hydrogen-bond donors (Lipinski definition) is 0. The van der Waals surface area contributed by atoms with E-state index >= 15 is 0 Å². The van der Waals surface area contributed by atoms with E-state index in [1.54, 1.807) is 6.07 Å². The van der Waals surface area contributed by atoms with Gasteiger partial charge in [-0.25, -0.2) is 0 Å². The number of ketones is 1. The summed E-state index contributed by atoms with van der Waals surface area (Å²) in [5.74, 6) is 0.0269. The van der Waals surface area contributed by atoms with Gasteiger partial charge in [0, 0.05) is 0 Å². The van der Waals surface area contributed by atoms with Crippen LogP contribution in [-0.2, 0) is 0 Å². The topological polar surface area (TPSA) is 20.3 Å². The molecule has 0 fully saturated rings. The molecule has 0 bridgehead atoms. The lowest BCUT2D eigenvalue weighted by Gasteiger charge is -2.13. The van der Waals surface area contributed by atoms with E-state index in [0.717, 1.165) is 13.0 Å². The molecule has 84 valence electrons. The quantitative estimate of drug-likeness (QED) is 0.759. The number of carbonyl (C=O) groups is 1. The Morgan fingerprint density at radius 2 is 2.20 bits per heavy atom. The number of rotatable bonds is 5. The van der Waals surface area contributed by atoms with E-state index in [2.05, 4.69) is 6.92 Å². The van der Waals surface area contributed by atoms with Crippen LogP contribution in [0.5, 0.6) is 0 Å². The molecule has 5 heteroatoms. The van der Waals surface area contributed by atoms with Gasteiger partial charge >= 0.3 is 0 Å². The highest BCUT2D eigenvalue weighted by Gasteiger charge is 2.15. The third-order valence-corrected chi connectivity index (χ3v) is 3.46. The zero-order chi connectivity index (χ0) is 11.4. The van der Waals surface area contributed by atoms with Crippen LogP contribution in [0.4, 0.5) is 0 Å². The second-order valence-corrected chi connectivity index (χ2v) is 5.68. The number of Topliss-reactive ketones (excluding diaryl/α,β-unsaturated/α-hetero) is 1. The number of hydrogen-bond acceptors (Lipinski definition) is 3. The average molecular weight is 266 g/mol. The lowest BCUT2D eigenvalue weighted by molar-refractivity contribution is 0.0947. The van der Waals surface area contributed by atoms with Gasteiger partial charge in [0.15, 0.2) is 5.78 Å².